The Kier molecular flexibility index (Phi) is 3.37. The van der Waals surface area contributed by atoms with E-state index in [0.717, 1.165) is 17.9 Å². The standard InChI is InChI=1S/C10H12N4S/c1-8(10-5-11-2-3-12-10)13-4-9-6-15-7-14-9/h2-3,5-8,13H,4H2,1H3. The molecule has 78 valence electrons. The SMILES string of the molecule is CC(NCc1cscn1)c1cnccn1. The molecule has 1 N–H and O–H groups in total. The molecule has 1 atom stereocenters. The molecular weight excluding hydrogens is 208 g/mol. The Morgan fingerprint density at radius 2 is 2.33 bits per heavy atom. The summed E-state index contributed by atoms with van der Waals surface area (Å²) < 4.78 is 0. The van der Waals surface area contributed by atoms with Crippen LogP contribution in [0.5, 0.6) is 0 Å². The Morgan fingerprint density at radius 1 is 1.40 bits per heavy atom. The first kappa shape index (κ1) is 10.2. The summed E-state index contributed by atoms with van der Waals surface area (Å²) >= 11 is 1.61. The zero-order valence-corrected chi connectivity index (χ0v) is 9.24. The summed E-state index contributed by atoms with van der Waals surface area (Å²) in [6.45, 7) is 2.83. The lowest BCUT2D eigenvalue weighted by molar-refractivity contribution is 0.554. The molecule has 0 aliphatic heterocycles. The number of rotatable bonds is 4. The van der Waals surface area contributed by atoms with Crippen molar-refractivity contribution < 1.29 is 0 Å². The van der Waals surface area contributed by atoms with Gasteiger partial charge in [-0.25, -0.2) is 4.98 Å². The van der Waals surface area contributed by atoms with Crippen molar-refractivity contribution in [1.82, 2.24) is 20.3 Å². The van der Waals surface area contributed by atoms with Crippen LogP contribution < -0.4 is 5.32 Å². The van der Waals surface area contributed by atoms with Gasteiger partial charge in [0.15, 0.2) is 0 Å². The molecule has 0 saturated heterocycles. The monoisotopic (exact) mass is 220 g/mol. The number of thiazole rings is 1. The molecule has 2 rings (SSSR count). The van der Waals surface area contributed by atoms with Gasteiger partial charge in [0.1, 0.15) is 0 Å². The maximum atomic E-state index is 4.24. The van der Waals surface area contributed by atoms with E-state index in [1.54, 1.807) is 29.9 Å². The van der Waals surface area contributed by atoms with E-state index in [2.05, 4.69) is 27.2 Å². The minimum atomic E-state index is 0.195. The normalized spacial score (nSPS) is 12.6. The Morgan fingerprint density at radius 3 is 3.00 bits per heavy atom. The molecule has 0 amide bonds. The second-order valence-corrected chi connectivity index (χ2v) is 3.93. The highest BCUT2D eigenvalue weighted by Gasteiger charge is 2.06. The van der Waals surface area contributed by atoms with Gasteiger partial charge in [-0.05, 0) is 6.92 Å². The van der Waals surface area contributed by atoms with Gasteiger partial charge in [-0.1, -0.05) is 0 Å². The first-order valence-electron chi connectivity index (χ1n) is 4.72. The quantitative estimate of drug-likeness (QED) is 0.853. The van der Waals surface area contributed by atoms with Crippen molar-refractivity contribution in [3.05, 3.63) is 40.9 Å². The fraction of sp³-hybridized carbons (Fsp3) is 0.300. The van der Waals surface area contributed by atoms with Crippen LogP contribution in [0.15, 0.2) is 29.5 Å². The largest absolute Gasteiger partial charge is 0.303 e. The number of hydrogen-bond donors (Lipinski definition) is 1. The van der Waals surface area contributed by atoms with Crippen molar-refractivity contribution in [3.63, 3.8) is 0 Å². The molecule has 0 saturated carbocycles. The molecule has 0 aliphatic rings. The highest BCUT2D eigenvalue weighted by atomic mass is 32.1. The maximum Gasteiger partial charge on any atom is 0.0795 e. The van der Waals surface area contributed by atoms with Gasteiger partial charge in [0, 0.05) is 36.6 Å². The van der Waals surface area contributed by atoms with E-state index in [1.165, 1.54) is 0 Å². The number of aromatic nitrogens is 3. The zero-order valence-electron chi connectivity index (χ0n) is 8.42. The third-order valence-corrected chi connectivity index (χ3v) is 2.73. The average molecular weight is 220 g/mol. The van der Waals surface area contributed by atoms with Gasteiger partial charge in [0.05, 0.1) is 16.9 Å². The molecule has 0 spiro atoms. The van der Waals surface area contributed by atoms with Crippen molar-refractivity contribution in [2.24, 2.45) is 0 Å². The lowest BCUT2D eigenvalue weighted by Gasteiger charge is -2.11. The van der Waals surface area contributed by atoms with Gasteiger partial charge in [-0.15, -0.1) is 11.3 Å². The Labute approximate surface area is 92.4 Å². The molecule has 15 heavy (non-hydrogen) atoms. The molecule has 0 fully saturated rings. The minimum Gasteiger partial charge on any atom is -0.303 e. The Hall–Kier alpha value is -1.33. The van der Waals surface area contributed by atoms with Crippen molar-refractivity contribution in [1.29, 1.82) is 0 Å². The minimum absolute atomic E-state index is 0.195. The summed E-state index contributed by atoms with van der Waals surface area (Å²) in [6, 6.07) is 0.195. The molecule has 2 aromatic rings. The van der Waals surface area contributed by atoms with Gasteiger partial charge in [0.25, 0.3) is 0 Å². The van der Waals surface area contributed by atoms with E-state index in [9.17, 15) is 0 Å². The van der Waals surface area contributed by atoms with Gasteiger partial charge in [-0.3, -0.25) is 9.97 Å². The molecule has 0 radical (unpaired) electrons. The third kappa shape index (κ3) is 2.81. The fourth-order valence-corrected chi connectivity index (χ4v) is 1.78. The molecule has 0 aliphatic carbocycles. The highest BCUT2D eigenvalue weighted by Crippen LogP contribution is 2.08. The van der Waals surface area contributed by atoms with E-state index >= 15 is 0 Å². The third-order valence-electron chi connectivity index (χ3n) is 2.10. The lowest BCUT2D eigenvalue weighted by atomic mass is 10.2. The number of nitrogens with one attached hydrogen (secondary N) is 1. The topological polar surface area (TPSA) is 50.7 Å². The summed E-state index contributed by atoms with van der Waals surface area (Å²) in [5.41, 5.74) is 3.85. The second-order valence-electron chi connectivity index (χ2n) is 3.21. The van der Waals surface area contributed by atoms with Gasteiger partial charge in [-0.2, -0.15) is 0 Å². The van der Waals surface area contributed by atoms with E-state index in [1.807, 2.05) is 10.9 Å². The fourth-order valence-electron chi connectivity index (χ4n) is 1.22. The average Bonchev–Trinajstić information content (AvgIpc) is 2.80. The molecule has 1 unspecified atom stereocenters. The predicted octanol–water partition coefficient (Wildman–Crippen LogP) is 1.78. The Bertz CT molecular complexity index is 387. The molecule has 4 nitrogen and oxygen atoms in total. The zero-order chi connectivity index (χ0) is 10.5. The summed E-state index contributed by atoms with van der Waals surface area (Å²) in [5.74, 6) is 0. The summed E-state index contributed by atoms with van der Waals surface area (Å²) in [6.07, 6.45) is 5.16. The van der Waals surface area contributed by atoms with E-state index in [4.69, 9.17) is 0 Å². The van der Waals surface area contributed by atoms with Crippen LogP contribution in [0.1, 0.15) is 24.4 Å². The first-order valence-corrected chi connectivity index (χ1v) is 5.67. The molecule has 2 aromatic heterocycles. The van der Waals surface area contributed by atoms with Crippen LogP contribution in [-0.4, -0.2) is 15.0 Å². The summed E-state index contributed by atoms with van der Waals surface area (Å²) in [4.78, 5) is 12.5. The molecule has 2 heterocycles. The number of hydrogen-bond acceptors (Lipinski definition) is 5. The van der Waals surface area contributed by atoms with Crippen LogP contribution in [0.25, 0.3) is 0 Å². The summed E-state index contributed by atoms with van der Waals surface area (Å²) in [5, 5.41) is 5.38. The lowest BCUT2D eigenvalue weighted by Crippen LogP contribution is -2.19. The van der Waals surface area contributed by atoms with Crippen molar-refractivity contribution >= 4 is 11.3 Å². The first-order chi connectivity index (χ1) is 7.36. The van der Waals surface area contributed by atoms with Crippen LogP contribution in [0, 0.1) is 0 Å². The van der Waals surface area contributed by atoms with Crippen molar-refractivity contribution in [3.8, 4) is 0 Å². The second kappa shape index (κ2) is 4.95. The Balaban J connectivity index is 1.90. The number of nitrogens with zero attached hydrogens (tertiary/aromatic N) is 3. The van der Waals surface area contributed by atoms with Crippen LogP contribution in [0.2, 0.25) is 0 Å². The van der Waals surface area contributed by atoms with E-state index in [0.29, 0.717) is 0 Å². The van der Waals surface area contributed by atoms with Gasteiger partial charge in [0.2, 0.25) is 0 Å². The van der Waals surface area contributed by atoms with Crippen LogP contribution in [0.3, 0.4) is 0 Å². The van der Waals surface area contributed by atoms with E-state index in [-0.39, 0.29) is 6.04 Å². The predicted molar refractivity (Wildman–Crippen MR) is 59.4 cm³/mol. The maximum absolute atomic E-state index is 4.24. The van der Waals surface area contributed by atoms with Gasteiger partial charge < -0.3 is 5.32 Å². The highest BCUT2D eigenvalue weighted by molar-refractivity contribution is 7.07. The molecule has 0 bridgehead atoms. The van der Waals surface area contributed by atoms with Crippen LogP contribution >= 0.6 is 11.3 Å². The summed E-state index contributed by atoms with van der Waals surface area (Å²) in [7, 11) is 0. The van der Waals surface area contributed by atoms with Crippen molar-refractivity contribution in [2.45, 2.75) is 19.5 Å². The van der Waals surface area contributed by atoms with Crippen molar-refractivity contribution in [2.75, 3.05) is 0 Å². The van der Waals surface area contributed by atoms with Gasteiger partial charge >= 0.3 is 0 Å². The van der Waals surface area contributed by atoms with Crippen LogP contribution in [0.4, 0.5) is 0 Å². The molecule has 0 aromatic carbocycles. The molecular formula is C10H12N4S. The van der Waals surface area contributed by atoms with E-state index < -0.39 is 0 Å². The van der Waals surface area contributed by atoms with Crippen LogP contribution in [-0.2, 0) is 6.54 Å². The molecule has 5 heteroatoms. The smallest absolute Gasteiger partial charge is 0.0795 e.